The average molecular weight is 434 g/mol. The Hall–Kier alpha value is -3.92. The summed E-state index contributed by atoms with van der Waals surface area (Å²) < 4.78 is 0. The van der Waals surface area contributed by atoms with Gasteiger partial charge in [-0.15, -0.1) is 10.2 Å². The van der Waals surface area contributed by atoms with Crippen LogP contribution >= 0.6 is 0 Å². The number of benzene rings is 2. The van der Waals surface area contributed by atoms with Gasteiger partial charge in [0.15, 0.2) is 11.6 Å². The third-order valence-electron chi connectivity index (χ3n) is 4.70. The molecule has 0 spiro atoms. The smallest absolute Gasteiger partial charge is 0.360 e. The van der Waals surface area contributed by atoms with Crippen LogP contribution in [0.1, 0.15) is 29.8 Å². The number of nitrogens with zero attached hydrogens (tertiary/aromatic N) is 4. The van der Waals surface area contributed by atoms with Gasteiger partial charge in [-0.05, 0) is 29.2 Å². The van der Waals surface area contributed by atoms with Crippen molar-refractivity contribution in [3.63, 3.8) is 0 Å². The molecule has 10 heteroatoms. The molecular formula is C22H24N7O3. The standard InChI is InChI=1S/C22H24N7O3/c23-17(11-12-18(24)30)20(31)19(16-9-5-2-6-10-16)21-26-28-29(27-21)22(32)25-14-13-15-7-3-1-4-8-15/h1-10,17H,11-14,23H2,(H2,24,30)(H,25,32)/t17-/m0/s1. The summed E-state index contributed by atoms with van der Waals surface area (Å²) in [4.78, 5) is 37.3. The Kier molecular flexibility index (Phi) is 7.76. The van der Waals surface area contributed by atoms with Crippen LogP contribution in [0.15, 0.2) is 60.7 Å². The molecule has 1 aromatic heterocycles. The van der Waals surface area contributed by atoms with Gasteiger partial charge < -0.3 is 16.8 Å². The van der Waals surface area contributed by atoms with E-state index in [2.05, 4.69) is 20.7 Å². The van der Waals surface area contributed by atoms with E-state index in [-0.39, 0.29) is 24.6 Å². The van der Waals surface area contributed by atoms with Crippen molar-refractivity contribution in [1.29, 1.82) is 0 Å². The summed E-state index contributed by atoms with van der Waals surface area (Å²) in [5.41, 5.74) is 12.7. The van der Waals surface area contributed by atoms with Crippen molar-refractivity contribution in [2.75, 3.05) is 6.54 Å². The summed E-state index contributed by atoms with van der Waals surface area (Å²) in [7, 11) is 0. The van der Waals surface area contributed by atoms with E-state index in [1.165, 1.54) is 0 Å². The van der Waals surface area contributed by atoms with Crippen LogP contribution in [-0.4, -0.2) is 50.5 Å². The van der Waals surface area contributed by atoms with Gasteiger partial charge in [-0.1, -0.05) is 65.5 Å². The molecule has 2 amide bonds. The molecule has 0 fully saturated rings. The highest BCUT2D eigenvalue weighted by molar-refractivity contribution is 6.02. The predicted molar refractivity (Wildman–Crippen MR) is 116 cm³/mol. The van der Waals surface area contributed by atoms with Gasteiger partial charge in [0.05, 0.1) is 6.04 Å². The van der Waals surface area contributed by atoms with Crippen molar-refractivity contribution in [2.24, 2.45) is 11.5 Å². The Morgan fingerprint density at radius 2 is 1.66 bits per heavy atom. The summed E-state index contributed by atoms with van der Waals surface area (Å²) >= 11 is 0. The molecular weight excluding hydrogens is 410 g/mol. The first-order valence-corrected chi connectivity index (χ1v) is 10.1. The van der Waals surface area contributed by atoms with Gasteiger partial charge in [-0.2, -0.15) is 0 Å². The number of aromatic nitrogens is 4. The van der Waals surface area contributed by atoms with E-state index in [0.717, 1.165) is 10.4 Å². The molecule has 5 N–H and O–H groups in total. The molecule has 1 atom stereocenters. The van der Waals surface area contributed by atoms with E-state index in [0.29, 0.717) is 18.5 Å². The maximum atomic E-state index is 13.0. The number of ketones is 1. The molecule has 0 aliphatic rings. The number of nitrogens with one attached hydrogen (secondary N) is 1. The van der Waals surface area contributed by atoms with Crippen LogP contribution in [0.25, 0.3) is 0 Å². The van der Waals surface area contributed by atoms with Crippen LogP contribution in [0, 0.1) is 5.92 Å². The Labute approximate surface area is 185 Å². The number of rotatable bonds is 10. The fourth-order valence-electron chi connectivity index (χ4n) is 3.03. The van der Waals surface area contributed by atoms with E-state index in [1.807, 2.05) is 30.3 Å². The average Bonchev–Trinajstić information content (AvgIpc) is 3.28. The third kappa shape index (κ3) is 6.05. The number of tetrazole rings is 1. The van der Waals surface area contributed by atoms with Crippen LogP contribution in [0.3, 0.4) is 0 Å². The summed E-state index contributed by atoms with van der Waals surface area (Å²) in [5.74, 6) is -0.938. The highest BCUT2D eigenvalue weighted by Crippen LogP contribution is 2.23. The van der Waals surface area contributed by atoms with Gasteiger partial charge in [0.2, 0.25) is 5.91 Å². The first-order chi connectivity index (χ1) is 15.5. The zero-order chi connectivity index (χ0) is 22.9. The van der Waals surface area contributed by atoms with Crippen molar-refractivity contribution < 1.29 is 14.4 Å². The highest BCUT2D eigenvalue weighted by Gasteiger charge is 2.32. The van der Waals surface area contributed by atoms with Gasteiger partial charge in [0.25, 0.3) is 0 Å². The predicted octanol–water partition coefficient (Wildman–Crippen LogP) is 0.606. The minimum Gasteiger partial charge on any atom is -0.370 e. The van der Waals surface area contributed by atoms with Gasteiger partial charge in [0.1, 0.15) is 5.92 Å². The fourth-order valence-corrected chi connectivity index (χ4v) is 3.03. The summed E-state index contributed by atoms with van der Waals surface area (Å²) in [6, 6.07) is 16.8. The second-order valence-electron chi connectivity index (χ2n) is 7.09. The van der Waals surface area contributed by atoms with Crippen LogP contribution < -0.4 is 16.8 Å². The summed E-state index contributed by atoms with van der Waals surface area (Å²) in [5, 5.41) is 14.5. The molecule has 0 aliphatic heterocycles. The first kappa shape index (κ1) is 22.8. The monoisotopic (exact) mass is 434 g/mol. The number of hydrogen-bond donors (Lipinski definition) is 3. The van der Waals surface area contributed by atoms with E-state index in [4.69, 9.17) is 11.5 Å². The SMILES string of the molecule is NC(=O)CC[C@H](N)C(=O)[C](c1ccccc1)c1nnn(C(=O)NCCc2ccccc2)n1. The number of nitrogens with two attached hydrogens (primary N) is 2. The Bertz CT molecular complexity index is 1050. The molecule has 0 saturated heterocycles. The molecule has 1 heterocycles. The minimum absolute atomic E-state index is 0.0289. The lowest BCUT2D eigenvalue weighted by atomic mass is 9.89. The highest BCUT2D eigenvalue weighted by atomic mass is 16.2. The lowest BCUT2D eigenvalue weighted by molar-refractivity contribution is -0.119. The van der Waals surface area contributed by atoms with Gasteiger partial charge in [-0.25, -0.2) is 4.79 Å². The molecule has 3 aromatic rings. The molecule has 0 bridgehead atoms. The molecule has 0 saturated carbocycles. The number of carbonyl (C=O) groups excluding carboxylic acids is 3. The zero-order valence-electron chi connectivity index (χ0n) is 17.3. The van der Waals surface area contributed by atoms with Crippen molar-refractivity contribution in [3.8, 4) is 0 Å². The van der Waals surface area contributed by atoms with E-state index >= 15 is 0 Å². The Balaban J connectivity index is 1.72. The number of hydrogen-bond acceptors (Lipinski definition) is 7. The Morgan fingerprint density at radius 3 is 2.31 bits per heavy atom. The number of primary amides is 1. The van der Waals surface area contributed by atoms with Gasteiger partial charge in [0, 0.05) is 13.0 Å². The normalized spacial score (nSPS) is 11.8. The van der Waals surface area contributed by atoms with E-state index in [1.54, 1.807) is 30.3 Å². The number of amides is 2. The summed E-state index contributed by atoms with van der Waals surface area (Å²) in [6.07, 6.45) is 0.695. The molecule has 0 unspecified atom stereocenters. The van der Waals surface area contributed by atoms with Gasteiger partial charge in [-0.3, -0.25) is 9.59 Å². The second kappa shape index (κ2) is 10.9. The number of carbonyl (C=O) groups is 3. The van der Waals surface area contributed by atoms with Crippen LogP contribution in [0.5, 0.6) is 0 Å². The largest absolute Gasteiger partial charge is 0.370 e. The number of Topliss-reactive ketones (excluding diaryl/α,β-unsaturated/α-hetero) is 1. The molecule has 0 aliphatic carbocycles. The van der Waals surface area contributed by atoms with Crippen molar-refractivity contribution in [1.82, 2.24) is 25.5 Å². The van der Waals surface area contributed by atoms with Crippen molar-refractivity contribution in [3.05, 3.63) is 83.5 Å². The first-order valence-electron chi connectivity index (χ1n) is 10.1. The van der Waals surface area contributed by atoms with E-state index < -0.39 is 23.8 Å². The van der Waals surface area contributed by atoms with Crippen LogP contribution in [0.4, 0.5) is 4.79 Å². The van der Waals surface area contributed by atoms with Gasteiger partial charge >= 0.3 is 6.03 Å². The molecule has 10 nitrogen and oxygen atoms in total. The quantitative estimate of drug-likeness (QED) is 0.421. The van der Waals surface area contributed by atoms with Crippen LogP contribution in [0.2, 0.25) is 0 Å². The Morgan fingerprint density at radius 1 is 1.00 bits per heavy atom. The third-order valence-corrected chi connectivity index (χ3v) is 4.70. The van der Waals surface area contributed by atoms with Crippen molar-refractivity contribution >= 4 is 17.7 Å². The van der Waals surface area contributed by atoms with E-state index in [9.17, 15) is 14.4 Å². The maximum absolute atomic E-state index is 13.0. The maximum Gasteiger partial charge on any atom is 0.360 e. The summed E-state index contributed by atoms with van der Waals surface area (Å²) in [6.45, 7) is 0.381. The molecule has 165 valence electrons. The molecule has 2 aromatic carbocycles. The second-order valence-corrected chi connectivity index (χ2v) is 7.09. The lowest BCUT2D eigenvalue weighted by Crippen LogP contribution is -2.37. The zero-order valence-corrected chi connectivity index (χ0v) is 17.3. The molecule has 1 radical (unpaired) electrons. The lowest BCUT2D eigenvalue weighted by Gasteiger charge is -2.16. The minimum atomic E-state index is -0.982. The topological polar surface area (TPSA) is 159 Å². The molecule has 3 rings (SSSR count). The fraction of sp³-hybridized carbons (Fsp3) is 0.227. The molecule has 32 heavy (non-hydrogen) atoms. The van der Waals surface area contributed by atoms with Crippen molar-refractivity contribution in [2.45, 2.75) is 25.3 Å². The van der Waals surface area contributed by atoms with Crippen LogP contribution in [-0.2, 0) is 16.0 Å².